The molecular weight excluding hydrogens is 321 g/mol. The van der Waals surface area contributed by atoms with Gasteiger partial charge >= 0.3 is 6.36 Å². The lowest BCUT2D eigenvalue weighted by molar-refractivity contribution is -0.274. The molecule has 0 saturated heterocycles. The Labute approximate surface area is 138 Å². The molecule has 7 heteroatoms. The number of hydrogen-bond acceptors (Lipinski definition) is 4. The van der Waals surface area contributed by atoms with Gasteiger partial charge in [0.2, 0.25) is 0 Å². The fourth-order valence-electron chi connectivity index (χ4n) is 2.06. The molecule has 1 aromatic heterocycles. The second kappa shape index (κ2) is 8.52. The first-order chi connectivity index (χ1) is 11.5. The van der Waals surface area contributed by atoms with E-state index in [-0.39, 0.29) is 5.75 Å². The van der Waals surface area contributed by atoms with Crippen LogP contribution in [-0.4, -0.2) is 22.9 Å². The summed E-state index contributed by atoms with van der Waals surface area (Å²) in [4.78, 5) is 8.34. The Morgan fingerprint density at radius 1 is 0.917 bits per heavy atom. The second-order valence-corrected chi connectivity index (χ2v) is 5.22. The third-order valence-electron chi connectivity index (χ3n) is 3.24. The summed E-state index contributed by atoms with van der Waals surface area (Å²) in [6, 6.07) is 5.40. The van der Waals surface area contributed by atoms with Gasteiger partial charge < -0.3 is 9.47 Å². The topological polar surface area (TPSA) is 44.2 Å². The van der Waals surface area contributed by atoms with E-state index >= 15 is 0 Å². The van der Waals surface area contributed by atoms with E-state index in [0.717, 1.165) is 12.8 Å². The van der Waals surface area contributed by atoms with Gasteiger partial charge in [0.25, 0.3) is 0 Å². The molecule has 2 aromatic rings. The molecule has 1 aromatic carbocycles. The summed E-state index contributed by atoms with van der Waals surface area (Å²) in [5.74, 6) is 0.706. The third kappa shape index (κ3) is 6.06. The highest BCUT2D eigenvalue weighted by molar-refractivity contribution is 5.56. The van der Waals surface area contributed by atoms with Gasteiger partial charge in [0, 0.05) is 5.56 Å². The van der Waals surface area contributed by atoms with Gasteiger partial charge in [-0.05, 0) is 30.7 Å². The van der Waals surface area contributed by atoms with Crippen molar-refractivity contribution >= 4 is 0 Å². The van der Waals surface area contributed by atoms with Crippen molar-refractivity contribution in [3.05, 3.63) is 36.7 Å². The minimum Gasteiger partial charge on any atom is -0.490 e. The van der Waals surface area contributed by atoms with Crippen molar-refractivity contribution in [1.29, 1.82) is 0 Å². The zero-order chi connectivity index (χ0) is 17.4. The molecule has 0 aliphatic heterocycles. The smallest absolute Gasteiger partial charge is 0.490 e. The van der Waals surface area contributed by atoms with E-state index in [2.05, 4.69) is 21.6 Å². The lowest BCUT2D eigenvalue weighted by Gasteiger charge is -2.09. The summed E-state index contributed by atoms with van der Waals surface area (Å²) >= 11 is 0. The minimum absolute atomic E-state index is 0.279. The van der Waals surface area contributed by atoms with Crippen LogP contribution in [0.1, 0.15) is 32.6 Å². The van der Waals surface area contributed by atoms with Gasteiger partial charge in [0.15, 0.2) is 11.6 Å². The number of nitrogens with zero attached hydrogens (tertiary/aromatic N) is 2. The van der Waals surface area contributed by atoms with Crippen LogP contribution in [0.4, 0.5) is 13.2 Å². The summed E-state index contributed by atoms with van der Waals surface area (Å²) in [6.07, 6.45) is 2.88. The molecule has 2 rings (SSSR count). The molecule has 130 valence electrons. The van der Waals surface area contributed by atoms with Crippen molar-refractivity contribution in [2.75, 3.05) is 6.61 Å². The molecule has 0 N–H and O–H groups in total. The van der Waals surface area contributed by atoms with E-state index in [9.17, 15) is 13.2 Å². The molecule has 1 heterocycles. The lowest BCUT2D eigenvalue weighted by atomic mass is 10.2. The number of hydrogen-bond donors (Lipinski definition) is 0. The van der Waals surface area contributed by atoms with Crippen LogP contribution < -0.4 is 9.47 Å². The quantitative estimate of drug-likeness (QED) is 0.634. The number of benzene rings is 1. The molecule has 24 heavy (non-hydrogen) atoms. The molecule has 0 unspecified atom stereocenters. The van der Waals surface area contributed by atoms with Gasteiger partial charge in [-0.1, -0.05) is 26.2 Å². The third-order valence-corrected chi connectivity index (χ3v) is 3.24. The van der Waals surface area contributed by atoms with Gasteiger partial charge in [0.05, 0.1) is 19.0 Å². The summed E-state index contributed by atoms with van der Waals surface area (Å²) in [6.45, 7) is 2.77. The Morgan fingerprint density at radius 2 is 1.58 bits per heavy atom. The maximum absolute atomic E-state index is 12.1. The predicted octanol–water partition coefficient (Wildman–Crippen LogP) is 5.00. The first-order valence-corrected chi connectivity index (χ1v) is 7.79. The summed E-state index contributed by atoms with van der Waals surface area (Å²) in [7, 11) is 0. The highest BCUT2D eigenvalue weighted by Gasteiger charge is 2.30. The van der Waals surface area contributed by atoms with Crippen LogP contribution in [0.5, 0.6) is 11.5 Å². The minimum atomic E-state index is -4.70. The average Bonchev–Trinajstić information content (AvgIpc) is 2.55. The Bertz CT molecular complexity index is 613. The van der Waals surface area contributed by atoms with Crippen molar-refractivity contribution in [2.24, 2.45) is 0 Å². The maximum atomic E-state index is 12.1. The first kappa shape index (κ1) is 18.0. The number of unbranched alkanes of at least 4 members (excludes halogenated alkanes) is 3. The molecule has 4 nitrogen and oxygen atoms in total. The van der Waals surface area contributed by atoms with E-state index in [1.54, 1.807) is 12.4 Å². The molecule has 0 fully saturated rings. The van der Waals surface area contributed by atoms with Crippen molar-refractivity contribution in [3.8, 4) is 22.9 Å². The molecule has 0 atom stereocenters. The van der Waals surface area contributed by atoms with E-state index in [4.69, 9.17) is 4.74 Å². The van der Waals surface area contributed by atoms with Crippen LogP contribution in [0, 0.1) is 0 Å². The van der Waals surface area contributed by atoms with Crippen LogP contribution >= 0.6 is 0 Å². The van der Waals surface area contributed by atoms with Crippen LogP contribution in [-0.2, 0) is 0 Å². The molecule has 0 aliphatic rings. The van der Waals surface area contributed by atoms with Gasteiger partial charge in [-0.2, -0.15) is 0 Å². The van der Waals surface area contributed by atoms with E-state index < -0.39 is 6.36 Å². The van der Waals surface area contributed by atoms with Crippen molar-refractivity contribution < 1.29 is 22.6 Å². The zero-order valence-electron chi connectivity index (χ0n) is 13.3. The zero-order valence-corrected chi connectivity index (χ0v) is 13.3. The van der Waals surface area contributed by atoms with Crippen molar-refractivity contribution in [3.63, 3.8) is 0 Å². The predicted molar refractivity (Wildman–Crippen MR) is 83.8 cm³/mol. The van der Waals surface area contributed by atoms with Crippen LogP contribution in [0.25, 0.3) is 11.4 Å². The Balaban J connectivity index is 1.90. The van der Waals surface area contributed by atoms with Crippen molar-refractivity contribution in [1.82, 2.24) is 9.97 Å². The van der Waals surface area contributed by atoms with Gasteiger partial charge in [-0.15, -0.1) is 13.2 Å². The number of aromatic nitrogens is 2. The standard InChI is InChI=1S/C17H19F3N2O2/c1-2-3-4-5-10-23-15-11-21-16(22-12-15)13-6-8-14(9-7-13)24-17(18,19)20/h6-9,11-12H,2-5,10H2,1H3. The highest BCUT2D eigenvalue weighted by Crippen LogP contribution is 2.25. The summed E-state index contributed by atoms with van der Waals surface area (Å²) in [5.41, 5.74) is 0.596. The highest BCUT2D eigenvalue weighted by atomic mass is 19.4. The number of halogens is 3. The molecule has 0 amide bonds. The number of rotatable bonds is 8. The molecule has 0 spiro atoms. The Kier molecular flexibility index (Phi) is 6.40. The summed E-state index contributed by atoms with van der Waals surface area (Å²) in [5, 5.41) is 0. The number of alkyl halides is 3. The maximum Gasteiger partial charge on any atom is 0.573 e. The van der Waals surface area contributed by atoms with E-state index in [1.807, 2.05) is 0 Å². The summed E-state index contributed by atoms with van der Waals surface area (Å²) < 4.78 is 45.7. The monoisotopic (exact) mass is 340 g/mol. The van der Waals surface area contributed by atoms with Gasteiger partial charge in [0.1, 0.15) is 5.75 Å². The largest absolute Gasteiger partial charge is 0.573 e. The average molecular weight is 340 g/mol. The fourth-order valence-corrected chi connectivity index (χ4v) is 2.06. The van der Waals surface area contributed by atoms with Crippen LogP contribution in [0.15, 0.2) is 36.7 Å². The Morgan fingerprint density at radius 3 is 2.17 bits per heavy atom. The lowest BCUT2D eigenvalue weighted by Crippen LogP contribution is -2.16. The molecular formula is C17H19F3N2O2. The fraction of sp³-hybridized carbons (Fsp3) is 0.412. The van der Waals surface area contributed by atoms with E-state index in [0.29, 0.717) is 23.7 Å². The number of ether oxygens (including phenoxy) is 2. The van der Waals surface area contributed by atoms with Crippen molar-refractivity contribution in [2.45, 2.75) is 39.0 Å². The SMILES string of the molecule is CCCCCCOc1cnc(-c2ccc(OC(F)(F)F)cc2)nc1. The van der Waals surface area contributed by atoms with E-state index in [1.165, 1.54) is 37.1 Å². The van der Waals surface area contributed by atoms with Gasteiger partial charge in [-0.3, -0.25) is 0 Å². The molecule has 0 bridgehead atoms. The first-order valence-electron chi connectivity index (χ1n) is 7.79. The molecule has 0 radical (unpaired) electrons. The molecule has 0 aliphatic carbocycles. The van der Waals surface area contributed by atoms with Crippen LogP contribution in [0.2, 0.25) is 0 Å². The van der Waals surface area contributed by atoms with Gasteiger partial charge in [-0.25, -0.2) is 9.97 Å². The normalized spacial score (nSPS) is 11.3. The second-order valence-electron chi connectivity index (χ2n) is 5.22. The van der Waals surface area contributed by atoms with Crippen LogP contribution in [0.3, 0.4) is 0 Å². The molecule has 0 saturated carbocycles. The Hall–Kier alpha value is -2.31.